The van der Waals surface area contributed by atoms with Gasteiger partial charge in [0.25, 0.3) is 11.5 Å². The van der Waals surface area contributed by atoms with Crippen LogP contribution < -0.4 is 20.5 Å². The molecule has 2 aromatic heterocycles. The summed E-state index contributed by atoms with van der Waals surface area (Å²) in [5.41, 5.74) is 6.12. The molecule has 0 aliphatic carbocycles. The maximum atomic E-state index is 13.6. The first kappa shape index (κ1) is 26.6. The van der Waals surface area contributed by atoms with Gasteiger partial charge in [-0.3, -0.25) is 9.59 Å². The highest BCUT2D eigenvalue weighted by atomic mass is 16.5. The van der Waals surface area contributed by atoms with Gasteiger partial charge in [0.05, 0.1) is 24.8 Å². The van der Waals surface area contributed by atoms with E-state index in [9.17, 15) is 9.59 Å². The number of aromatic amines is 1. The number of H-pyrrole nitrogens is 1. The average molecular weight is 527 g/mol. The second kappa shape index (κ2) is 11.0. The number of nitrogens with one attached hydrogen (secondary N) is 2. The average Bonchev–Trinajstić information content (AvgIpc) is 3.23. The van der Waals surface area contributed by atoms with Crippen LogP contribution in [0.4, 0.5) is 5.69 Å². The van der Waals surface area contributed by atoms with E-state index in [-0.39, 0.29) is 24.1 Å². The number of anilines is 1. The van der Waals surface area contributed by atoms with E-state index in [4.69, 9.17) is 4.74 Å². The molecule has 1 amide bonds. The monoisotopic (exact) mass is 526 g/mol. The number of nitrogens with zero attached hydrogens (tertiary/aromatic N) is 2. The van der Waals surface area contributed by atoms with Crippen LogP contribution in [0.5, 0.6) is 5.75 Å². The highest BCUT2D eigenvalue weighted by Crippen LogP contribution is 2.36. The fourth-order valence-electron chi connectivity index (χ4n) is 6.10. The van der Waals surface area contributed by atoms with Crippen LogP contribution in [0.2, 0.25) is 0 Å². The Balaban J connectivity index is 1.37. The Kier molecular flexibility index (Phi) is 7.51. The fourth-order valence-corrected chi connectivity index (χ4v) is 6.10. The van der Waals surface area contributed by atoms with Gasteiger partial charge in [-0.2, -0.15) is 0 Å². The standard InChI is InChI=1S/C32H38N4O3/c1-20-10-12-25(13-11-20)35-16-14-24(15-17-35)22(3)36-23(4)30(26-8-6-7-9-28(26)36)32(38)33-19-27-29(39-5)18-21(2)34-31(27)37/h6-13,18,22,24H,14-17,19H2,1-5H3,(H,33,38)(H,34,37)/t22-/m1/s1. The summed E-state index contributed by atoms with van der Waals surface area (Å²) < 4.78 is 7.75. The molecule has 5 rings (SSSR count). The van der Waals surface area contributed by atoms with Gasteiger partial charge in [0, 0.05) is 47.1 Å². The third kappa shape index (κ3) is 5.18. The quantitative estimate of drug-likeness (QED) is 0.325. The summed E-state index contributed by atoms with van der Waals surface area (Å²) in [7, 11) is 1.53. The Morgan fingerprint density at radius 2 is 1.77 bits per heavy atom. The number of aryl methyl sites for hydroxylation is 2. The number of ether oxygens (including phenoxy) is 1. The number of aromatic nitrogens is 2. The molecule has 1 saturated heterocycles. The summed E-state index contributed by atoms with van der Waals surface area (Å²) in [6, 6.07) is 18.9. The van der Waals surface area contributed by atoms with Crippen molar-refractivity contribution in [1.29, 1.82) is 0 Å². The molecule has 0 radical (unpaired) electrons. The third-order valence-corrected chi connectivity index (χ3v) is 8.29. The minimum atomic E-state index is -0.253. The topological polar surface area (TPSA) is 79.4 Å². The van der Waals surface area contributed by atoms with Crippen LogP contribution in [0.15, 0.2) is 59.4 Å². The molecule has 4 aromatic rings. The van der Waals surface area contributed by atoms with E-state index in [1.54, 1.807) is 13.0 Å². The number of para-hydroxylation sites is 1. The molecule has 1 fully saturated rings. The van der Waals surface area contributed by atoms with Crippen molar-refractivity contribution in [2.24, 2.45) is 5.92 Å². The second-order valence-electron chi connectivity index (χ2n) is 10.8. The maximum absolute atomic E-state index is 13.6. The van der Waals surface area contributed by atoms with Crippen molar-refractivity contribution in [2.45, 2.75) is 53.1 Å². The van der Waals surface area contributed by atoms with Gasteiger partial charge in [0.2, 0.25) is 0 Å². The summed E-state index contributed by atoms with van der Waals surface area (Å²) in [5.74, 6) is 0.791. The first-order chi connectivity index (χ1) is 18.8. The molecule has 204 valence electrons. The number of amides is 1. The highest BCUT2D eigenvalue weighted by Gasteiger charge is 2.29. The Bertz CT molecular complexity index is 1540. The number of hydrogen-bond donors (Lipinski definition) is 2. The molecule has 7 heteroatoms. The minimum absolute atomic E-state index is 0.0869. The van der Waals surface area contributed by atoms with E-state index in [2.05, 4.69) is 63.9 Å². The van der Waals surface area contributed by atoms with E-state index in [0.29, 0.717) is 28.5 Å². The smallest absolute Gasteiger partial charge is 0.256 e. The summed E-state index contributed by atoms with van der Waals surface area (Å²) in [4.78, 5) is 31.4. The van der Waals surface area contributed by atoms with Crippen LogP contribution in [0.1, 0.15) is 58.7 Å². The number of methoxy groups -OCH3 is 1. The van der Waals surface area contributed by atoms with E-state index in [0.717, 1.165) is 42.5 Å². The SMILES string of the molecule is COc1cc(C)[nH]c(=O)c1CNC(=O)c1c(C)n([C@H](C)C2CCN(c3ccc(C)cc3)CC2)c2ccccc12. The second-order valence-corrected chi connectivity index (χ2v) is 10.8. The van der Waals surface area contributed by atoms with E-state index in [1.807, 2.05) is 25.1 Å². The van der Waals surface area contributed by atoms with Crippen molar-refractivity contribution in [3.63, 3.8) is 0 Å². The predicted molar refractivity (Wildman–Crippen MR) is 157 cm³/mol. The first-order valence-corrected chi connectivity index (χ1v) is 13.7. The molecule has 39 heavy (non-hydrogen) atoms. The van der Waals surface area contributed by atoms with E-state index in [1.165, 1.54) is 18.4 Å². The van der Waals surface area contributed by atoms with E-state index >= 15 is 0 Å². The number of pyridine rings is 1. The van der Waals surface area contributed by atoms with Crippen LogP contribution in [-0.4, -0.2) is 35.7 Å². The van der Waals surface area contributed by atoms with Crippen LogP contribution in [-0.2, 0) is 6.54 Å². The zero-order valence-electron chi connectivity index (χ0n) is 23.5. The van der Waals surface area contributed by atoms with Gasteiger partial charge in [-0.1, -0.05) is 35.9 Å². The molecule has 7 nitrogen and oxygen atoms in total. The van der Waals surface area contributed by atoms with Gasteiger partial charge < -0.3 is 24.5 Å². The summed E-state index contributed by atoms with van der Waals surface area (Å²) in [5, 5.41) is 3.92. The lowest BCUT2D eigenvalue weighted by Gasteiger charge is -2.37. The Morgan fingerprint density at radius 1 is 1.08 bits per heavy atom. The third-order valence-electron chi connectivity index (χ3n) is 8.29. The molecule has 0 bridgehead atoms. The van der Waals surface area contributed by atoms with Crippen molar-refractivity contribution < 1.29 is 9.53 Å². The molecule has 1 aliphatic heterocycles. The van der Waals surface area contributed by atoms with Gasteiger partial charge in [-0.25, -0.2) is 0 Å². The van der Waals surface area contributed by atoms with Crippen molar-refractivity contribution in [1.82, 2.24) is 14.9 Å². The predicted octanol–water partition coefficient (Wildman–Crippen LogP) is 5.67. The molecule has 0 unspecified atom stereocenters. The molecule has 3 heterocycles. The molecular weight excluding hydrogens is 488 g/mol. The maximum Gasteiger partial charge on any atom is 0.256 e. The van der Waals surface area contributed by atoms with Crippen molar-refractivity contribution >= 4 is 22.5 Å². The Hall–Kier alpha value is -4.00. The summed E-state index contributed by atoms with van der Waals surface area (Å²) >= 11 is 0. The first-order valence-electron chi connectivity index (χ1n) is 13.7. The number of benzene rings is 2. The van der Waals surface area contributed by atoms with Gasteiger partial charge in [0.15, 0.2) is 0 Å². The summed E-state index contributed by atoms with van der Waals surface area (Å²) in [6.45, 7) is 10.4. The van der Waals surface area contributed by atoms with Crippen LogP contribution in [0.3, 0.4) is 0 Å². The Labute approximate surface area is 229 Å². The Morgan fingerprint density at radius 3 is 2.46 bits per heavy atom. The van der Waals surface area contributed by atoms with Crippen LogP contribution >= 0.6 is 0 Å². The summed E-state index contributed by atoms with van der Waals surface area (Å²) in [6.07, 6.45) is 2.19. The normalized spacial score (nSPS) is 14.9. The van der Waals surface area contributed by atoms with Crippen molar-refractivity contribution in [3.05, 3.63) is 93.0 Å². The molecule has 0 spiro atoms. The van der Waals surface area contributed by atoms with Gasteiger partial charge >= 0.3 is 0 Å². The lowest BCUT2D eigenvalue weighted by atomic mass is 9.89. The molecule has 2 N–H and O–H groups in total. The van der Waals surface area contributed by atoms with Crippen LogP contribution in [0.25, 0.3) is 10.9 Å². The number of rotatable bonds is 7. The number of carbonyl (C=O) groups excluding carboxylic acids is 1. The molecule has 0 saturated carbocycles. The number of hydrogen-bond acceptors (Lipinski definition) is 4. The largest absolute Gasteiger partial charge is 0.496 e. The van der Waals surface area contributed by atoms with Gasteiger partial charge in [-0.15, -0.1) is 0 Å². The number of carbonyl (C=O) groups is 1. The molecule has 1 atom stereocenters. The molecular formula is C32H38N4O3. The number of piperidine rings is 1. The van der Waals surface area contributed by atoms with Gasteiger partial charge in [-0.05, 0) is 70.7 Å². The lowest BCUT2D eigenvalue weighted by Crippen LogP contribution is -2.36. The lowest BCUT2D eigenvalue weighted by molar-refractivity contribution is 0.0951. The zero-order valence-corrected chi connectivity index (χ0v) is 23.5. The van der Waals surface area contributed by atoms with Gasteiger partial charge in [0.1, 0.15) is 5.75 Å². The highest BCUT2D eigenvalue weighted by molar-refractivity contribution is 6.08. The van der Waals surface area contributed by atoms with E-state index < -0.39 is 0 Å². The number of fused-ring (bicyclic) bond motifs is 1. The fraction of sp³-hybridized carbons (Fsp3) is 0.375. The zero-order chi connectivity index (χ0) is 27.7. The van der Waals surface area contributed by atoms with Crippen molar-refractivity contribution in [3.8, 4) is 5.75 Å². The molecule has 2 aromatic carbocycles. The molecule has 1 aliphatic rings. The minimum Gasteiger partial charge on any atom is -0.496 e. The van der Waals surface area contributed by atoms with Crippen LogP contribution in [0, 0.1) is 26.7 Å². The van der Waals surface area contributed by atoms with Crippen molar-refractivity contribution in [2.75, 3.05) is 25.1 Å².